The molecular formula is C10H12Cl2O2. The molecule has 1 aromatic rings. The van der Waals surface area contributed by atoms with Crippen LogP contribution >= 0.6 is 23.2 Å². The lowest BCUT2D eigenvalue weighted by molar-refractivity contribution is 0.0220. The third kappa shape index (κ3) is 3.05. The van der Waals surface area contributed by atoms with E-state index >= 15 is 0 Å². The zero-order valence-electron chi connectivity index (χ0n) is 8.14. The molecule has 0 atom stereocenters. The predicted molar refractivity (Wildman–Crippen MR) is 58.3 cm³/mol. The minimum Gasteiger partial charge on any atom is -0.467 e. The van der Waals surface area contributed by atoms with Crippen molar-refractivity contribution in [1.82, 2.24) is 0 Å². The van der Waals surface area contributed by atoms with Gasteiger partial charge in [0.25, 0.3) is 0 Å². The molecule has 0 saturated heterocycles. The van der Waals surface area contributed by atoms with E-state index in [0.717, 1.165) is 5.56 Å². The predicted octanol–water partition coefficient (Wildman–Crippen LogP) is 3.67. The average Bonchev–Trinajstić information content (AvgIpc) is 2.13. The van der Waals surface area contributed by atoms with Gasteiger partial charge >= 0.3 is 0 Å². The van der Waals surface area contributed by atoms with Crippen molar-refractivity contribution >= 4 is 23.2 Å². The van der Waals surface area contributed by atoms with Crippen molar-refractivity contribution in [3.05, 3.63) is 27.7 Å². The maximum Gasteiger partial charge on any atom is 0.189 e. The van der Waals surface area contributed by atoms with Gasteiger partial charge in [0.1, 0.15) is 5.75 Å². The van der Waals surface area contributed by atoms with Crippen molar-refractivity contribution in [2.24, 2.45) is 0 Å². The maximum absolute atomic E-state index is 5.93. The van der Waals surface area contributed by atoms with Gasteiger partial charge in [0.05, 0.1) is 0 Å². The van der Waals surface area contributed by atoms with Gasteiger partial charge in [0.2, 0.25) is 0 Å². The standard InChI is InChI=1S/C10H12Cl2O2/c1-3-13-6-14-10-5-8(11)4-9(12)7(10)2/h4-5H,3,6H2,1-2H3. The second-order valence-corrected chi connectivity index (χ2v) is 3.61. The molecule has 0 aliphatic heterocycles. The van der Waals surface area contributed by atoms with Crippen LogP contribution in [0.15, 0.2) is 12.1 Å². The van der Waals surface area contributed by atoms with Crippen LogP contribution < -0.4 is 4.74 Å². The van der Waals surface area contributed by atoms with Gasteiger partial charge < -0.3 is 9.47 Å². The van der Waals surface area contributed by atoms with E-state index in [0.29, 0.717) is 22.4 Å². The molecular weight excluding hydrogens is 223 g/mol. The summed E-state index contributed by atoms with van der Waals surface area (Å²) in [7, 11) is 0. The zero-order valence-corrected chi connectivity index (χ0v) is 9.65. The molecule has 2 nitrogen and oxygen atoms in total. The summed E-state index contributed by atoms with van der Waals surface area (Å²) in [5.74, 6) is 0.663. The van der Waals surface area contributed by atoms with Gasteiger partial charge in [-0.3, -0.25) is 0 Å². The fourth-order valence-electron chi connectivity index (χ4n) is 0.961. The molecule has 1 aromatic carbocycles. The highest BCUT2D eigenvalue weighted by atomic mass is 35.5. The fourth-order valence-corrected chi connectivity index (χ4v) is 1.44. The molecule has 78 valence electrons. The van der Waals surface area contributed by atoms with Crippen LogP contribution in [0, 0.1) is 6.92 Å². The zero-order chi connectivity index (χ0) is 10.6. The topological polar surface area (TPSA) is 18.5 Å². The minimum absolute atomic E-state index is 0.216. The highest BCUT2D eigenvalue weighted by Gasteiger charge is 2.05. The second-order valence-electron chi connectivity index (χ2n) is 2.77. The second kappa shape index (κ2) is 5.44. The SMILES string of the molecule is CCOCOc1cc(Cl)cc(Cl)c1C. The van der Waals surface area contributed by atoms with Gasteiger partial charge in [0.15, 0.2) is 6.79 Å². The highest BCUT2D eigenvalue weighted by Crippen LogP contribution is 2.29. The molecule has 0 amide bonds. The third-order valence-electron chi connectivity index (χ3n) is 1.76. The van der Waals surface area contributed by atoms with Gasteiger partial charge in [-0.15, -0.1) is 0 Å². The Morgan fingerprint density at radius 3 is 2.64 bits per heavy atom. The molecule has 0 heterocycles. The first-order valence-electron chi connectivity index (χ1n) is 4.31. The van der Waals surface area contributed by atoms with Crippen LogP contribution in [0.25, 0.3) is 0 Å². The van der Waals surface area contributed by atoms with Crippen LogP contribution in [0.1, 0.15) is 12.5 Å². The first-order chi connectivity index (χ1) is 6.65. The Morgan fingerprint density at radius 1 is 1.29 bits per heavy atom. The van der Waals surface area contributed by atoms with Crippen molar-refractivity contribution in [1.29, 1.82) is 0 Å². The molecule has 4 heteroatoms. The maximum atomic E-state index is 5.93. The number of hydrogen-bond donors (Lipinski definition) is 0. The molecule has 0 bridgehead atoms. The number of benzene rings is 1. The molecule has 0 fully saturated rings. The monoisotopic (exact) mass is 234 g/mol. The van der Waals surface area contributed by atoms with Gasteiger partial charge in [-0.05, 0) is 26.0 Å². The van der Waals surface area contributed by atoms with E-state index in [9.17, 15) is 0 Å². The quantitative estimate of drug-likeness (QED) is 0.585. The van der Waals surface area contributed by atoms with E-state index in [-0.39, 0.29) is 6.79 Å². The first kappa shape index (κ1) is 11.6. The van der Waals surface area contributed by atoms with Gasteiger partial charge in [0, 0.05) is 22.2 Å². The minimum atomic E-state index is 0.216. The van der Waals surface area contributed by atoms with E-state index in [1.165, 1.54) is 0 Å². The van der Waals surface area contributed by atoms with Crippen LogP contribution in [-0.4, -0.2) is 13.4 Å². The largest absolute Gasteiger partial charge is 0.467 e. The van der Waals surface area contributed by atoms with Crippen LogP contribution in [-0.2, 0) is 4.74 Å². The summed E-state index contributed by atoms with van der Waals surface area (Å²) in [5, 5.41) is 1.16. The van der Waals surface area contributed by atoms with Crippen LogP contribution in [0.2, 0.25) is 10.0 Å². The summed E-state index contributed by atoms with van der Waals surface area (Å²) in [6.07, 6.45) is 0. The molecule has 0 aromatic heterocycles. The Kier molecular flexibility index (Phi) is 4.52. The average molecular weight is 235 g/mol. The van der Waals surface area contributed by atoms with E-state index in [4.69, 9.17) is 32.7 Å². The molecule has 0 spiro atoms. The Balaban J connectivity index is 2.75. The molecule has 0 radical (unpaired) electrons. The number of hydrogen-bond acceptors (Lipinski definition) is 2. The number of halogens is 2. The third-order valence-corrected chi connectivity index (χ3v) is 2.37. The van der Waals surface area contributed by atoms with Crippen molar-refractivity contribution < 1.29 is 9.47 Å². The van der Waals surface area contributed by atoms with Crippen molar-refractivity contribution in [2.75, 3.05) is 13.4 Å². The lowest BCUT2D eigenvalue weighted by Gasteiger charge is -2.10. The van der Waals surface area contributed by atoms with Gasteiger partial charge in [-0.2, -0.15) is 0 Å². The Bertz CT molecular complexity index is 313. The summed E-state index contributed by atoms with van der Waals surface area (Å²) in [6.45, 7) is 4.61. The van der Waals surface area contributed by atoms with Crippen LogP contribution in [0.4, 0.5) is 0 Å². The smallest absolute Gasteiger partial charge is 0.189 e. The summed E-state index contributed by atoms with van der Waals surface area (Å²) >= 11 is 11.8. The normalized spacial score (nSPS) is 10.3. The van der Waals surface area contributed by atoms with Crippen LogP contribution in [0.3, 0.4) is 0 Å². The lowest BCUT2D eigenvalue weighted by atomic mass is 10.2. The fraction of sp³-hybridized carbons (Fsp3) is 0.400. The van der Waals surface area contributed by atoms with Gasteiger partial charge in [-0.25, -0.2) is 0 Å². The lowest BCUT2D eigenvalue weighted by Crippen LogP contribution is -2.03. The van der Waals surface area contributed by atoms with Crippen LogP contribution in [0.5, 0.6) is 5.75 Å². The number of ether oxygens (including phenoxy) is 2. The van der Waals surface area contributed by atoms with E-state index < -0.39 is 0 Å². The summed E-state index contributed by atoms with van der Waals surface area (Å²) < 4.78 is 10.4. The Hall–Kier alpha value is -0.440. The number of rotatable bonds is 4. The Labute approximate surface area is 93.7 Å². The first-order valence-corrected chi connectivity index (χ1v) is 5.07. The molecule has 14 heavy (non-hydrogen) atoms. The molecule has 0 N–H and O–H groups in total. The molecule has 0 saturated carbocycles. The molecule has 0 unspecified atom stereocenters. The van der Waals surface area contributed by atoms with Crippen molar-refractivity contribution in [3.8, 4) is 5.75 Å². The Morgan fingerprint density at radius 2 is 2.00 bits per heavy atom. The van der Waals surface area contributed by atoms with Crippen molar-refractivity contribution in [2.45, 2.75) is 13.8 Å². The highest BCUT2D eigenvalue weighted by molar-refractivity contribution is 6.35. The summed E-state index contributed by atoms with van der Waals surface area (Å²) in [6, 6.07) is 3.41. The molecule has 1 rings (SSSR count). The van der Waals surface area contributed by atoms with E-state index in [2.05, 4.69) is 0 Å². The molecule has 0 aliphatic rings. The van der Waals surface area contributed by atoms with Crippen molar-refractivity contribution in [3.63, 3.8) is 0 Å². The van der Waals surface area contributed by atoms with E-state index in [1.807, 2.05) is 13.8 Å². The van der Waals surface area contributed by atoms with E-state index in [1.54, 1.807) is 12.1 Å². The summed E-state index contributed by atoms with van der Waals surface area (Å²) in [5.41, 5.74) is 0.871. The summed E-state index contributed by atoms with van der Waals surface area (Å²) in [4.78, 5) is 0. The van der Waals surface area contributed by atoms with Gasteiger partial charge in [-0.1, -0.05) is 23.2 Å². The molecule has 0 aliphatic carbocycles.